The van der Waals surface area contributed by atoms with Crippen molar-refractivity contribution in [1.82, 2.24) is 0 Å². The standard InChI is InChI=1S/C18H21NO5S/c1-13-5-7-15(8-6-13)19-25(22,23)16-9-10-17(14(2)12-16)24-11-3-4-18(20)21/h5-10,12,19H,3-4,11H2,1-2H3,(H,20,21). The van der Waals surface area contributed by atoms with Crippen LogP contribution in [0.4, 0.5) is 5.69 Å². The summed E-state index contributed by atoms with van der Waals surface area (Å²) in [6, 6.07) is 11.7. The first-order chi connectivity index (χ1) is 11.8. The van der Waals surface area contributed by atoms with E-state index in [9.17, 15) is 13.2 Å². The lowest BCUT2D eigenvalue weighted by Gasteiger charge is -2.12. The van der Waals surface area contributed by atoms with E-state index in [2.05, 4.69) is 4.72 Å². The van der Waals surface area contributed by atoms with Crippen LogP contribution in [0.5, 0.6) is 5.75 Å². The molecular weight excluding hydrogens is 342 g/mol. The third-order valence-corrected chi connectivity index (χ3v) is 4.93. The third kappa shape index (κ3) is 5.49. The van der Waals surface area contributed by atoms with E-state index in [1.54, 1.807) is 25.1 Å². The quantitative estimate of drug-likeness (QED) is 0.702. The van der Waals surface area contributed by atoms with E-state index in [4.69, 9.17) is 9.84 Å². The highest BCUT2D eigenvalue weighted by atomic mass is 32.2. The number of carboxylic acid groups (broad SMARTS) is 1. The number of sulfonamides is 1. The topological polar surface area (TPSA) is 92.7 Å². The Bertz CT molecular complexity index is 844. The Kier molecular flexibility index (Phi) is 6.03. The van der Waals surface area contributed by atoms with Gasteiger partial charge in [0.15, 0.2) is 0 Å². The monoisotopic (exact) mass is 363 g/mol. The molecule has 0 fully saturated rings. The van der Waals surface area contributed by atoms with Gasteiger partial charge in [-0.15, -0.1) is 0 Å². The maximum atomic E-state index is 12.5. The number of carbonyl (C=O) groups is 1. The minimum Gasteiger partial charge on any atom is -0.493 e. The highest BCUT2D eigenvalue weighted by Crippen LogP contribution is 2.24. The molecule has 0 radical (unpaired) electrons. The molecule has 2 rings (SSSR count). The number of nitrogens with one attached hydrogen (secondary N) is 1. The first-order valence-corrected chi connectivity index (χ1v) is 9.31. The van der Waals surface area contributed by atoms with Gasteiger partial charge in [-0.25, -0.2) is 8.42 Å². The predicted octanol–water partition coefficient (Wildman–Crippen LogP) is 3.35. The molecule has 0 saturated heterocycles. The van der Waals surface area contributed by atoms with Crippen molar-refractivity contribution in [2.45, 2.75) is 31.6 Å². The molecule has 2 N–H and O–H groups in total. The molecule has 0 amide bonds. The van der Waals surface area contributed by atoms with Crippen molar-refractivity contribution < 1.29 is 23.1 Å². The predicted molar refractivity (Wildman–Crippen MR) is 95.5 cm³/mol. The molecule has 134 valence electrons. The summed E-state index contributed by atoms with van der Waals surface area (Å²) in [7, 11) is -3.69. The molecule has 0 aliphatic carbocycles. The molecule has 6 nitrogen and oxygen atoms in total. The second-order valence-corrected chi connectivity index (χ2v) is 7.43. The molecule has 0 aliphatic rings. The number of carboxylic acids is 1. The Morgan fingerprint density at radius 1 is 1.12 bits per heavy atom. The Hall–Kier alpha value is -2.54. The summed E-state index contributed by atoms with van der Waals surface area (Å²) < 4.78 is 33.0. The van der Waals surface area contributed by atoms with Crippen LogP contribution in [0.1, 0.15) is 24.0 Å². The summed E-state index contributed by atoms with van der Waals surface area (Å²) in [5.74, 6) is -0.330. The van der Waals surface area contributed by atoms with Gasteiger partial charge in [0, 0.05) is 12.1 Å². The van der Waals surface area contributed by atoms with Gasteiger partial charge in [-0.2, -0.15) is 0 Å². The number of rotatable bonds is 8. The second-order valence-electron chi connectivity index (χ2n) is 5.74. The maximum Gasteiger partial charge on any atom is 0.303 e. The van der Waals surface area contributed by atoms with E-state index in [-0.39, 0.29) is 17.9 Å². The average Bonchev–Trinajstić information content (AvgIpc) is 2.54. The van der Waals surface area contributed by atoms with E-state index in [1.807, 2.05) is 19.1 Å². The van der Waals surface area contributed by atoms with Crippen LogP contribution in [0.25, 0.3) is 0 Å². The van der Waals surface area contributed by atoms with Crippen LogP contribution in [0.2, 0.25) is 0 Å². The molecule has 0 unspecified atom stereocenters. The van der Waals surface area contributed by atoms with Crippen molar-refractivity contribution in [3.63, 3.8) is 0 Å². The minimum atomic E-state index is -3.69. The molecular formula is C18H21NO5S. The lowest BCUT2D eigenvalue weighted by atomic mass is 10.2. The number of benzene rings is 2. The van der Waals surface area contributed by atoms with Crippen LogP contribution in [0.3, 0.4) is 0 Å². The largest absolute Gasteiger partial charge is 0.493 e. The fraction of sp³-hybridized carbons (Fsp3) is 0.278. The van der Waals surface area contributed by atoms with Crippen molar-refractivity contribution in [3.8, 4) is 5.75 Å². The molecule has 7 heteroatoms. The summed E-state index contributed by atoms with van der Waals surface area (Å²) in [5, 5.41) is 8.60. The van der Waals surface area contributed by atoms with Crippen LogP contribution in [-0.2, 0) is 14.8 Å². The molecule has 0 heterocycles. The zero-order chi connectivity index (χ0) is 18.4. The van der Waals surface area contributed by atoms with Gasteiger partial charge in [-0.3, -0.25) is 9.52 Å². The summed E-state index contributed by atoms with van der Waals surface area (Å²) >= 11 is 0. The van der Waals surface area contributed by atoms with Crippen LogP contribution in [-0.4, -0.2) is 26.1 Å². The third-order valence-electron chi connectivity index (χ3n) is 3.55. The molecule has 25 heavy (non-hydrogen) atoms. The Labute approximate surface area is 147 Å². The second kappa shape index (κ2) is 8.02. The molecule has 0 atom stereocenters. The molecule has 2 aromatic carbocycles. The average molecular weight is 363 g/mol. The van der Waals surface area contributed by atoms with Crippen LogP contribution in [0.15, 0.2) is 47.4 Å². The zero-order valence-electron chi connectivity index (χ0n) is 14.2. The minimum absolute atomic E-state index is 0.0337. The van der Waals surface area contributed by atoms with E-state index in [1.165, 1.54) is 12.1 Å². The Morgan fingerprint density at radius 2 is 1.80 bits per heavy atom. The number of hydrogen-bond acceptors (Lipinski definition) is 4. The number of hydrogen-bond donors (Lipinski definition) is 2. The molecule has 0 aliphatic heterocycles. The summed E-state index contributed by atoms with van der Waals surface area (Å²) in [6.45, 7) is 3.94. The van der Waals surface area contributed by atoms with Gasteiger partial charge in [0.25, 0.3) is 10.0 Å². The number of aryl methyl sites for hydroxylation is 2. The van der Waals surface area contributed by atoms with Gasteiger partial charge in [0.2, 0.25) is 0 Å². The Morgan fingerprint density at radius 3 is 2.40 bits per heavy atom. The first-order valence-electron chi connectivity index (χ1n) is 7.83. The van der Waals surface area contributed by atoms with Crippen molar-refractivity contribution in [3.05, 3.63) is 53.6 Å². The fourth-order valence-electron chi connectivity index (χ4n) is 2.19. The smallest absolute Gasteiger partial charge is 0.303 e. The van der Waals surface area contributed by atoms with Crippen LogP contribution >= 0.6 is 0 Å². The zero-order valence-corrected chi connectivity index (χ0v) is 15.0. The summed E-state index contributed by atoms with van der Waals surface area (Å²) in [4.78, 5) is 10.6. The number of ether oxygens (including phenoxy) is 1. The maximum absolute atomic E-state index is 12.5. The van der Waals surface area contributed by atoms with Gasteiger partial charge < -0.3 is 9.84 Å². The highest BCUT2D eigenvalue weighted by molar-refractivity contribution is 7.92. The van der Waals surface area contributed by atoms with E-state index in [0.29, 0.717) is 23.4 Å². The summed E-state index contributed by atoms with van der Waals surface area (Å²) in [5.41, 5.74) is 2.21. The van der Waals surface area contributed by atoms with Crippen molar-refractivity contribution >= 4 is 21.7 Å². The lowest BCUT2D eigenvalue weighted by molar-refractivity contribution is -0.137. The number of aliphatic carboxylic acids is 1. The van der Waals surface area contributed by atoms with Gasteiger partial charge in [-0.1, -0.05) is 17.7 Å². The normalized spacial score (nSPS) is 11.1. The number of anilines is 1. The van der Waals surface area contributed by atoms with Gasteiger partial charge in [-0.05, 0) is 56.2 Å². The first kappa shape index (κ1) is 18.8. The lowest BCUT2D eigenvalue weighted by Crippen LogP contribution is -2.13. The van der Waals surface area contributed by atoms with Crippen LogP contribution < -0.4 is 9.46 Å². The van der Waals surface area contributed by atoms with Gasteiger partial charge in [0.1, 0.15) is 5.75 Å². The van der Waals surface area contributed by atoms with Crippen molar-refractivity contribution in [2.75, 3.05) is 11.3 Å². The van der Waals surface area contributed by atoms with E-state index in [0.717, 1.165) is 5.56 Å². The molecule has 0 aromatic heterocycles. The SMILES string of the molecule is Cc1ccc(NS(=O)(=O)c2ccc(OCCCC(=O)O)c(C)c2)cc1. The molecule has 0 saturated carbocycles. The van der Waals surface area contributed by atoms with Crippen molar-refractivity contribution in [2.24, 2.45) is 0 Å². The van der Waals surface area contributed by atoms with Crippen molar-refractivity contribution in [1.29, 1.82) is 0 Å². The Balaban J connectivity index is 2.07. The van der Waals surface area contributed by atoms with E-state index < -0.39 is 16.0 Å². The molecule has 0 spiro atoms. The highest BCUT2D eigenvalue weighted by Gasteiger charge is 2.15. The molecule has 2 aromatic rings. The van der Waals surface area contributed by atoms with Crippen LogP contribution in [0, 0.1) is 13.8 Å². The van der Waals surface area contributed by atoms with E-state index >= 15 is 0 Å². The van der Waals surface area contributed by atoms with Gasteiger partial charge in [0.05, 0.1) is 11.5 Å². The molecule has 0 bridgehead atoms. The fourth-order valence-corrected chi connectivity index (χ4v) is 3.34. The summed E-state index contributed by atoms with van der Waals surface area (Å²) in [6.07, 6.45) is 0.426. The van der Waals surface area contributed by atoms with Gasteiger partial charge >= 0.3 is 5.97 Å².